The molecule has 0 saturated carbocycles. The molecule has 1 atom stereocenters. The van der Waals surface area contributed by atoms with Gasteiger partial charge in [-0.3, -0.25) is 4.90 Å². The average Bonchev–Trinajstić information content (AvgIpc) is 2.26. The molecule has 1 N–H and O–H groups in total. The lowest BCUT2D eigenvalue weighted by Crippen LogP contribution is -2.48. The van der Waals surface area contributed by atoms with Crippen molar-refractivity contribution in [3.63, 3.8) is 0 Å². The number of piperazine rings is 1. The Hall–Kier alpha value is -1.14. The van der Waals surface area contributed by atoms with E-state index < -0.39 is 17.6 Å². The monoisotopic (exact) mass is 276 g/mol. The second-order valence-corrected chi connectivity index (χ2v) is 4.94. The molecule has 0 radical (unpaired) electrons. The third-order valence-corrected chi connectivity index (χ3v) is 3.14. The molecule has 19 heavy (non-hydrogen) atoms. The molecule has 0 aliphatic carbocycles. The normalized spacial score (nSPS) is 21.6. The molecular weight excluding hydrogens is 260 g/mol. The molecule has 1 aliphatic heterocycles. The molecule has 0 unspecified atom stereocenters. The lowest BCUT2D eigenvalue weighted by molar-refractivity contribution is -0.137. The molecule has 2 nitrogen and oxygen atoms in total. The van der Waals surface area contributed by atoms with E-state index in [9.17, 15) is 17.6 Å². The molecule has 0 spiro atoms. The van der Waals surface area contributed by atoms with Gasteiger partial charge in [-0.05, 0) is 30.7 Å². The summed E-state index contributed by atoms with van der Waals surface area (Å²) in [6.45, 7) is 4.65. The van der Waals surface area contributed by atoms with E-state index in [0.29, 0.717) is 24.2 Å². The minimum Gasteiger partial charge on any atom is -0.312 e. The Labute approximate surface area is 109 Å². The highest BCUT2D eigenvalue weighted by Crippen LogP contribution is 2.30. The third-order valence-electron chi connectivity index (χ3n) is 3.14. The van der Waals surface area contributed by atoms with E-state index in [1.54, 1.807) is 0 Å². The summed E-state index contributed by atoms with van der Waals surface area (Å²) in [6.07, 6.45) is -4.51. The Morgan fingerprint density at radius 1 is 1.32 bits per heavy atom. The molecule has 1 aromatic rings. The fraction of sp³-hybridized carbons (Fsp3) is 0.538. The van der Waals surface area contributed by atoms with Crippen LogP contribution in [0, 0.1) is 5.82 Å². The van der Waals surface area contributed by atoms with E-state index in [4.69, 9.17) is 0 Å². The molecule has 2 rings (SSSR count). The van der Waals surface area contributed by atoms with Crippen molar-refractivity contribution in [1.29, 1.82) is 0 Å². The van der Waals surface area contributed by atoms with E-state index in [1.807, 2.05) is 11.8 Å². The van der Waals surface area contributed by atoms with Crippen LogP contribution in [0.5, 0.6) is 0 Å². The number of rotatable bonds is 2. The molecular formula is C13H16F4N2. The molecule has 6 heteroatoms. The lowest BCUT2D eigenvalue weighted by Gasteiger charge is -2.31. The molecule has 1 aromatic carbocycles. The minimum atomic E-state index is -4.51. The first kappa shape index (κ1) is 14.3. The van der Waals surface area contributed by atoms with Gasteiger partial charge in [0.2, 0.25) is 0 Å². The largest absolute Gasteiger partial charge is 0.416 e. The average molecular weight is 276 g/mol. The predicted molar refractivity (Wildman–Crippen MR) is 64.1 cm³/mol. The van der Waals surface area contributed by atoms with Crippen molar-refractivity contribution >= 4 is 0 Å². The van der Waals surface area contributed by atoms with Crippen LogP contribution in [-0.2, 0) is 12.7 Å². The zero-order chi connectivity index (χ0) is 14.0. The summed E-state index contributed by atoms with van der Waals surface area (Å²) in [7, 11) is 0. The van der Waals surface area contributed by atoms with Gasteiger partial charge in [0.1, 0.15) is 5.82 Å². The number of halogens is 4. The summed E-state index contributed by atoms with van der Waals surface area (Å²) in [5.74, 6) is -0.840. The Morgan fingerprint density at radius 3 is 2.68 bits per heavy atom. The smallest absolute Gasteiger partial charge is 0.312 e. The van der Waals surface area contributed by atoms with Gasteiger partial charge < -0.3 is 5.32 Å². The first-order valence-corrected chi connectivity index (χ1v) is 6.17. The van der Waals surface area contributed by atoms with E-state index in [1.165, 1.54) is 6.07 Å². The molecule has 0 aromatic heterocycles. The van der Waals surface area contributed by atoms with E-state index in [-0.39, 0.29) is 0 Å². The van der Waals surface area contributed by atoms with Crippen molar-refractivity contribution in [2.75, 3.05) is 19.6 Å². The standard InChI is InChI=1S/C13H16F4N2/c1-9-7-19(3-2-18-9)8-10-4-11(13(15,16)17)6-12(14)5-10/h4-6,9,18H,2-3,7-8H2,1H3/t9-/m1/s1. The maximum Gasteiger partial charge on any atom is 0.416 e. The molecule has 1 aliphatic rings. The highest BCUT2D eigenvalue weighted by Gasteiger charge is 2.31. The third kappa shape index (κ3) is 3.91. The quantitative estimate of drug-likeness (QED) is 0.835. The van der Waals surface area contributed by atoms with Crippen LogP contribution < -0.4 is 5.32 Å². The van der Waals surface area contributed by atoms with Gasteiger partial charge in [0, 0.05) is 32.2 Å². The number of benzene rings is 1. The Bertz CT molecular complexity index is 445. The molecule has 1 fully saturated rings. The highest BCUT2D eigenvalue weighted by molar-refractivity contribution is 5.26. The van der Waals surface area contributed by atoms with Crippen molar-refractivity contribution < 1.29 is 17.6 Å². The van der Waals surface area contributed by atoms with Crippen LogP contribution in [0.4, 0.5) is 17.6 Å². The van der Waals surface area contributed by atoms with Crippen molar-refractivity contribution in [2.45, 2.75) is 25.7 Å². The summed E-state index contributed by atoms with van der Waals surface area (Å²) in [5, 5.41) is 3.25. The molecule has 1 heterocycles. The predicted octanol–water partition coefficient (Wildman–Crippen LogP) is 2.64. The van der Waals surface area contributed by atoms with Gasteiger partial charge in [-0.2, -0.15) is 13.2 Å². The van der Waals surface area contributed by atoms with Crippen molar-refractivity contribution in [3.05, 3.63) is 35.1 Å². The first-order chi connectivity index (χ1) is 8.84. The number of hydrogen-bond donors (Lipinski definition) is 1. The van der Waals surface area contributed by atoms with Crippen LogP contribution in [0.1, 0.15) is 18.1 Å². The SMILES string of the molecule is C[C@@H]1CN(Cc2cc(F)cc(C(F)(F)F)c2)CCN1. The minimum absolute atomic E-state index is 0.296. The van der Waals surface area contributed by atoms with Crippen LogP contribution >= 0.6 is 0 Å². The van der Waals surface area contributed by atoms with Crippen molar-refractivity contribution in [3.8, 4) is 0 Å². The number of nitrogens with zero attached hydrogens (tertiary/aromatic N) is 1. The van der Waals surface area contributed by atoms with Crippen LogP contribution in [0.15, 0.2) is 18.2 Å². The number of hydrogen-bond acceptors (Lipinski definition) is 2. The molecule has 0 bridgehead atoms. The molecule has 106 valence electrons. The van der Waals surface area contributed by atoms with Gasteiger partial charge in [-0.1, -0.05) is 0 Å². The summed E-state index contributed by atoms with van der Waals surface area (Å²) in [6, 6.07) is 3.02. The van der Waals surface area contributed by atoms with Crippen molar-refractivity contribution in [1.82, 2.24) is 10.2 Å². The summed E-state index contributed by atoms with van der Waals surface area (Å²) in [5.41, 5.74) is -0.563. The molecule has 0 amide bonds. The van der Waals surface area contributed by atoms with Crippen molar-refractivity contribution in [2.24, 2.45) is 0 Å². The Balaban J connectivity index is 2.14. The fourth-order valence-electron chi connectivity index (χ4n) is 2.32. The van der Waals surface area contributed by atoms with Crippen LogP contribution in [0.2, 0.25) is 0 Å². The Morgan fingerprint density at radius 2 is 2.05 bits per heavy atom. The van der Waals surface area contributed by atoms with Crippen LogP contribution in [-0.4, -0.2) is 30.6 Å². The second-order valence-electron chi connectivity index (χ2n) is 4.94. The first-order valence-electron chi connectivity index (χ1n) is 6.17. The van der Waals surface area contributed by atoms with Gasteiger partial charge in [0.05, 0.1) is 5.56 Å². The highest BCUT2D eigenvalue weighted by atomic mass is 19.4. The zero-order valence-corrected chi connectivity index (χ0v) is 10.6. The van der Waals surface area contributed by atoms with E-state index in [0.717, 1.165) is 25.7 Å². The number of alkyl halides is 3. The van der Waals surface area contributed by atoms with E-state index >= 15 is 0 Å². The maximum atomic E-state index is 13.3. The fourth-order valence-corrected chi connectivity index (χ4v) is 2.32. The van der Waals surface area contributed by atoms with Crippen LogP contribution in [0.25, 0.3) is 0 Å². The van der Waals surface area contributed by atoms with Gasteiger partial charge in [-0.15, -0.1) is 0 Å². The van der Waals surface area contributed by atoms with E-state index in [2.05, 4.69) is 5.32 Å². The second kappa shape index (κ2) is 5.46. The number of nitrogens with one attached hydrogen (secondary N) is 1. The van der Waals surface area contributed by atoms with Gasteiger partial charge in [0.15, 0.2) is 0 Å². The summed E-state index contributed by atoms with van der Waals surface area (Å²) < 4.78 is 51.1. The Kier molecular flexibility index (Phi) is 4.10. The summed E-state index contributed by atoms with van der Waals surface area (Å²) >= 11 is 0. The van der Waals surface area contributed by atoms with Gasteiger partial charge in [-0.25, -0.2) is 4.39 Å². The lowest BCUT2D eigenvalue weighted by atomic mass is 10.1. The van der Waals surface area contributed by atoms with Gasteiger partial charge >= 0.3 is 6.18 Å². The topological polar surface area (TPSA) is 15.3 Å². The van der Waals surface area contributed by atoms with Gasteiger partial charge in [0.25, 0.3) is 0 Å². The maximum absolute atomic E-state index is 13.3. The zero-order valence-electron chi connectivity index (χ0n) is 10.6. The molecule has 1 saturated heterocycles. The van der Waals surface area contributed by atoms with Crippen LogP contribution in [0.3, 0.4) is 0 Å². The summed E-state index contributed by atoms with van der Waals surface area (Å²) in [4.78, 5) is 2.02.